The molecule has 1 fully saturated rings. The van der Waals surface area contributed by atoms with Crippen molar-refractivity contribution in [1.82, 2.24) is 4.98 Å². The number of nitrogens with zero attached hydrogens (tertiary/aromatic N) is 1. The van der Waals surface area contributed by atoms with Crippen molar-refractivity contribution in [2.24, 2.45) is 5.84 Å². The van der Waals surface area contributed by atoms with Crippen LogP contribution in [0.25, 0.3) is 10.9 Å². The summed E-state index contributed by atoms with van der Waals surface area (Å²) in [6, 6.07) is 8.14. The third-order valence-electron chi connectivity index (χ3n) is 4.20. The quantitative estimate of drug-likeness (QED) is 0.644. The van der Waals surface area contributed by atoms with E-state index in [9.17, 15) is 0 Å². The lowest BCUT2D eigenvalue weighted by atomic mass is 10.0. The molecule has 0 spiro atoms. The zero-order chi connectivity index (χ0) is 14.7. The first-order valence-electron chi connectivity index (χ1n) is 7.86. The standard InChI is InChI=1S/C17H23N3O/c1-2-9-21-13-7-8-15-14(10-13)17(20-18)11-16(19-15)12-5-3-4-6-12/h7-8,10-12H,2-6,9,18H2,1H3,(H,19,20). The Morgan fingerprint density at radius 1 is 1.29 bits per heavy atom. The lowest BCUT2D eigenvalue weighted by Gasteiger charge is -2.14. The Morgan fingerprint density at radius 3 is 2.81 bits per heavy atom. The molecule has 1 aliphatic rings. The van der Waals surface area contributed by atoms with E-state index >= 15 is 0 Å². The van der Waals surface area contributed by atoms with Crippen LogP contribution in [-0.4, -0.2) is 11.6 Å². The van der Waals surface area contributed by atoms with Crippen LogP contribution < -0.4 is 16.0 Å². The number of nitrogens with one attached hydrogen (secondary N) is 1. The summed E-state index contributed by atoms with van der Waals surface area (Å²) in [5.41, 5.74) is 5.90. The molecule has 0 amide bonds. The first-order chi connectivity index (χ1) is 10.3. The fourth-order valence-electron chi connectivity index (χ4n) is 3.09. The molecular weight excluding hydrogens is 262 g/mol. The number of benzene rings is 1. The Bertz CT molecular complexity index is 621. The number of fused-ring (bicyclic) bond motifs is 1. The number of nitrogens with two attached hydrogens (primary N) is 1. The minimum Gasteiger partial charge on any atom is -0.494 e. The van der Waals surface area contributed by atoms with Gasteiger partial charge in [0.15, 0.2) is 0 Å². The SMILES string of the molecule is CCCOc1ccc2nc(C3CCCC3)cc(NN)c2c1. The summed E-state index contributed by atoms with van der Waals surface area (Å²) in [5.74, 6) is 7.17. The van der Waals surface area contributed by atoms with E-state index in [1.165, 1.54) is 25.7 Å². The average Bonchev–Trinajstić information content (AvgIpc) is 3.06. The molecule has 21 heavy (non-hydrogen) atoms. The van der Waals surface area contributed by atoms with Gasteiger partial charge in [0.1, 0.15) is 5.75 Å². The third-order valence-corrected chi connectivity index (χ3v) is 4.20. The molecule has 0 unspecified atom stereocenters. The van der Waals surface area contributed by atoms with E-state index < -0.39 is 0 Å². The maximum absolute atomic E-state index is 5.72. The Morgan fingerprint density at radius 2 is 2.10 bits per heavy atom. The second kappa shape index (κ2) is 6.31. The predicted molar refractivity (Wildman–Crippen MR) is 86.5 cm³/mol. The maximum Gasteiger partial charge on any atom is 0.120 e. The van der Waals surface area contributed by atoms with Crippen LogP contribution in [0.5, 0.6) is 5.75 Å². The molecule has 0 radical (unpaired) electrons. The van der Waals surface area contributed by atoms with Crippen molar-refractivity contribution in [3.05, 3.63) is 30.0 Å². The molecule has 4 heteroatoms. The number of rotatable bonds is 5. The van der Waals surface area contributed by atoms with E-state index in [-0.39, 0.29) is 0 Å². The monoisotopic (exact) mass is 285 g/mol. The summed E-state index contributed by atoms with van der Waals surface area (Å²) < 4.78 is 5.70. The van der Waals surface area contributed by atoms with Gasteiger partial charge in [-0.2, -0.15) is 0 Å². The molecular formula is C17H23N3O. The van der Waals surface area contributed by atoms with E-state index in [2.05, 4.69) is 18.4 Å². The highest BCUT2D eigenvalue weighted by Crippen LogP contribution is 2.36. The van der Waals surface area contributed by atoms with Gasteiger partial charge in [-0.3, -0.25) is 10.8 Å². The van der Waals surface area contributed by atoms with Gasteiger partial charge in [-0.15, -0.1) is 0 Å². The molecule has 1 aromatic heterocycles. The Labute approximate surface area is 125 Å². The number of ether oxygens (including phenoxy) is 1. The molecule has 0 atom stereocenters. The predicted octanol–water partition coefficient (Wildman–Crippen LogP) is 3.97. The molecule has 3 rings (SSSR count). The van der Waals surface area contributed by atoms with Crippen LogP contribution in [0.4, 0.5) is 5.69 Å². The van der Waals surface area contributed by atoms with Crippen molar-refractivity contribution in [1.29, 1.82) is 0 Å². The molecule has 2 aromatic rings. The first kappa shape index (κ1) is 14.1. The highest BCUT2D eigenvalue weighted by molar-refractivity contribution is 5.92. The normalized spacial score (nSPS) is 15.5. The van der Waals surface area contributed by atoms with Gasteiger partial charge in [-0.25, -0.2) is 0 Å². The van der Waals surface area contributed by atoms with Gasteiger partial charge in [0.05, 0.1) is 17.8 Å². The van der Waals surface area contributed by atoms with E-state index in [0.717, 1.165) is 41.1 Å². The summed E-state index contributed by atoms with van der Waals surface area (Å²) in [7, 11) is 0. The number of anilines is 1. The molecule has 0 saturated heterocycles. The van der Waals surface area contributed by atoms with Gasteiger partial charge in [0.25, 0.3) is 0 Å². The van der Waals surface area contributed by atoms with Crippen LogP contribution in [-0.2, 0) is 0 Å². The van der Waals surface area contributed by atoms with E-state index in [1.54, 1.807) is 0 Å². The number of hydrogen-bond donors (Lipinski definition) is 2. The van der Waals surface area contributed by atoms with Crippen molar-refractivity contribution >= 4 is 16.6 Å². The fourth-order valence-corrected chi connectivity index (χ4v) is 3.09. The summed E-state index contributed by atoms with van der Waals surface area (Å²) in [6.07, 6.45) is 6.08. The van der Waals surface area contributed by atoms with Gasteiger partial charge in [0.2, 0.25) is 0 Å². The van der Waals surface area contributed by atoms with Gasteiger partial charge < -0.3 is 10.2 Å². The van der Waals surface area contributed by atoms with Crippen LogP contribution in [0.3, 0.4) is 0 Å². The van der Waals surface area contributed by atoms with Gasteiger partial charge in [-0.1, -0.05) is 19.8 Å². The number of hydrazine groups is 1. The average molecular weight is 285 g/mol. The highest BCUT2D eigenvalue weighted by Gasteiger charge is 2.20. The minimum atomic E-state index is 0.581. The van der Waals surface area contributed by atoms with Crippen LogP contribution in [0.1, 0.15) is 50.6 Å². The second-order valence-electron chi connectivity index (χ2n) is 5.75. The van der Waals surface area contributed by atoms with E-state index in [0.29, 0.717) is 5.92 Å². The zero-order valence-electron chi connectivity index (χ0n) is 12.6. The highest BCUT2D eigenvalue weighted by atomic mass is 16.5. The summed E-state index contributed by atoms with van der Waals surface area (Å²) in [5, 5.41) is 1.02. The van der Waals surface area contributed by atoms with Crippen LogP contribution in [0.2, 0.25) is 0 Å². The Hall–Kier alpha value is -1.81. The van der Waals surface area contributed by atoms with E-state index in [1.807, 2.05) is 18.2 Å². The Kier molecular flexibility index (Phi) is 4.25. The molecule has 3 N–H and O–H groups in total. The van der Waals surface area contributed by atoms with E-state index in [4.69, 9.17) is 15.6 Å². The molecule has 4 nitrogen and oxygen atoms in total. The van der Waals surface area contributed by atoms with Crippen LogP contribution in [0.15, 0.2) is 24.3 Å². The van der Waals surface area contributed by atoms with Gasteiger partial charge in [-0.05, 0) is 43.5 Å². The summed E-state index contributed by atoms with van der Waals surface area (Å²) >= 11 is 0. The van der Waals surface area contributed by atoms with Gasteiger partial charge >= 0.3 is 0 Å². The lowest BCUT2D eigenvalue weighted by molar-refractivity contribution is 0.318. The van der Waals surface area contributed by atoms with Crippen LogP contribution in [0, 0.1) is 0 Å². The van der Waals surface area contributed by atoms with Crippen molar-refractivity contribution in [2.75, 3.05) is 12.0 Å². The molecule has 1 heterocycles. The zero-order valence-corrected chi connectivity index (χ0v) is 12.6. The lowest BCUT2D eigenvalue weighted by Crippen LogP contribution is -2.09. The fraction of sp³-hybridized carbons (Fsp3) is 0.471. The number of pyridine rings is 1. The molecule has 1 aromatic carbocycles. The summed E-state index contributed by atoms with van der Waals surface area (Å²) in [4.78, 5) is 4.84. The van der Waals surface area contributed by atoms with Crippen molar-refractivity contribution in [3.8, 4) is 5.75 Å². The first-order valence-corrected chi connectivity index (χ1v) is 7.86. The number of hydrogen-bond acceptors (Lipinski definition) is 4. The second-order valence-corrected chi connectivity index (χ2v) is 5.75. The number of aromatic nitrogens is 1. The number of nitrogen functional groups attached to an aromatic ring is 1. The molecule has 112 valence electrons. The Balaban J connectivity index is 2.00. The summed E-state index contributed by atoms with van der Waals surface area (Å²) in [6.45, 7) is 2.83. The smallest absolute Gasteiger partial charge is 0.120 e. The molecule has 0 aliphatic heterocycles. The topological polar surface area (TPSA) is 60.2 Å². The molecule has 1 saturated carbocycles. The van der Waals surface area contributed by atoms with Crippen LogP contribution >= 0.6 is 0 Å². The minimum absolute atomic E-state index is 0.581. The largest absolute Gasteiger partial charge is 0.494 e. The molecule has 1 aliphatic carbocycles. The van der Waals surface area contributed by atoms with Crippen molar-refractivity contribution < 1.29 is 4.74 Å². The molecule has 0 bridgehead atoms. The maximum atomic E-state index is 5.72. The van der Waals surface area contributed by atoms with Crippen molar-refractivity contribution in [2.45, 2.75) is 44.9 Å². The van der Waals surface area contributed by atoms with Crippen molar-refractivity contribution in [3.63, 3.8) is 0 Å². The van der Waals surface area contributed by atoms with Gasteiger partial charge in [0, 0.05) is 17.0 Å². The third kappa shape index (κ3) is 2.95.